The number of anilines is 1. The zero-order chi connectivity index (χ0) is 14.5. The Hall–Kier alpha value is -1.71. The molecule has 0 spiro atoms. The maximum Gasteiger partial charge on any atom is 0.228 e. The SMILES string of the molecule is COc1ccccc1NC(=O)Cc1ccc(Cl)c(Cl)c1. The Balaban J connectivity index is 2.07. The molecule has 1 N–H and O–H groups in total. The molecule has 2 aromatic carbocycles. The lowest BCUT2D eigenvalue weighted by Crippen LogP contribution is -2.14. The molecule has 0 aliphatic carbocycles. The molecule has 2 aromatic rings. The van der Waals surface area contributed by atoms with Gasteiger partial charge in [0.05, 0.1) is 29.3 Å². The number of hydrogen-bond acceptors (Lipinski definition) is 2. The van der Waals surface area contributed by atoms with Crippen molar-refractivity contribution in [2.75, 3.05) is 12.4 Å². The van der Waals surface area contributed by atoms with Crippen LogP contribution in [0, 0.1) is 0 Å². The standard InChI is InChI=1S/C15H13Cl2NO2/c1-20-14-5-3-2-4-13(14)18-15(19)9-10-6-7-11(16)12(17)8-10/h2-8H,9H2,1H3,(H,18,19). The van der Waals surface area contributed by atoms with E-state index in [1.807, 2.05) is 12.1 Å². The lowest BCUT2D eigenvalue weighted by atomic mass is 10.1. The fourth-order valence-electron chi connectivity index (χ4n) is 1.78. The minimum atomic E-state index is -0.145. The molecule has 0 bridgehead atoms. The molecule has 0 aromatic heterocycles. The van der Waals surface area contributed by atoms with Crippen molar-refractivity contribution in [3.63, 3.8) is 0 Å². The van der Waals surface area contributed by atoms with Crippen LogP contribution in [0.5, 0.6) is 5.75 Å². The van der Waals surface area contributed by atoms with Crippen molar-refractivity contribution in [1.29, 1.82) is 0 Å². The normalized spacial score (nSPS) is 10.2. The van der Waals surface area contributed by atoms with Gasteiger partial charge in [-0.15, -0.1) is 0 Å². The second kappa shape index (κ2) is 6.64. The molecule has 5 heteroatoms. The van der Waals surface area contributed by atoms with Gasteiger partial charge in [0.2, 0.25) is 5.91 Å². The van der Waals surface area contributed by atoms with Gasteiger partial charge in [-0.25, -0.2) is 0 Å². The van der Waals surface area contributed by atoms with E-state index in [-0.39, 0.29) is 12.3 Å². The van der Waals surface area contributed by atoms with Gasteiger partial charge in [0, 0.05) is 0 Å². The van der Waals surface area contributed by atoms with E-state index in [2.05, 4.69) is 5.32 Å². The molecule has 0 aliphatic rings. The zero-order valence-corrected chi connectivity index (χ0v) is 12.3. The summed E-state index contributed by atoms with van der Waals surface area (Å²) in [6.45, 7) is 0. The highest BCUT2D eigenvalue weighted by Gasteiger charge is 2.08. The third-order valence-electron chi connectivity index (χ3n) is 2.73. The quantitative estimate of drug-likeness (QED) is 0.920. The molecule has 1 amide bonds. The topological polar surface area (TPSA) is 38.3 Å². The van der Waals surface area contributed by atoms with Crippen LogP contribution in [0.4, 0.5) is 5.69 Å². The molecule has 0 atom stereocenters. The van der Waals surface area contributed by atoms with Crippen molar-refractivity contribution in [3.8, 4) is 5.75 Å². The third kappa shape index (κ3) is 3.65. The Morgan fingerprint density at radius 2 is 1.90 bits per heavy atom. The molecule has 0 unspecified atom stereocenters. The first-order valence-corrected chi connectivity index (χ1v) is 6.72. The van der Waals surface area contributed by atoms with Gasteiger partial charge in [0.15, 0.2) is 0 Å². The Morgan fingerprint density at radius 3 is 2.60 bits per heavy atom. The highest BCUT2D eigenvalue weighted by Crippen LogP contribution is 2.25. The van der Waals surface area contributed by atoms with E-state index in [4.69, 9.17) is 27.9 Å². The fourth-order valence-corrected chi connectivity index (χ4v) is 2.10. The van der Waals surface area contributed by atoms with Gasteiger partial charge in [-0.1, -0.05) is 41.4 Å². The molecule has 0 heterocycles. The molecular formula is C15H13Cl2NO2. The van der Waals surface area contributed by atoms with Gasteiger partial charge in [0.25, 0.3) is 0 Å². The van der Waals surface area contributed by atoms with Gasteiger partial charge >= 0.3 is 0 Å². The van der Waals surface area contributed by atoms with Crippen molar-refractivity contribution < 1.29 is 9.53 Å². The van der Waals surface area contributed by atoms with Crippen LogP contribution >= 0.6 is 23.2 Å². The lowest BCUT2D eigenvalue weighted by molar-refractivity contribution is -0.115. The fraction of sp³-hybridized carbons (Fsp3) is 0.133. The molecule has 0 radical (unpaired) electrons. The summed E-state index contributed by atoms with van der Waals surface area (Å²) >= 11 is 11.8. The van der Waals surface area contributed by atoms with Gasteiger partial charge in [-0.05, 0) is 29.8 Å². The smallest absolute Gasteiger partial charge is 0.228 e. The summed E-state index contributed by atoms with van der Waals surface area (Å²) < 4.78 is 5.18. The van der Waals surface area contributed by atoms with E-state index in [1.165, 1.54) is 0 Å². The van der Waals surface area contributed by atoms with Crippen LogP contribution in [0.15, 0.2) is 42.5 Å². The molecule has 2 rings (SSSR count). The average Bonchev–Trinajstić information content (AvgIpc) is 2.43. The molecule has 3 nitrogen and oxygen atoms in total. The number of hydrogen-bond donors (Lipinski definition) is 1. The third-order valence-corrected chi connectivity index (χ3v) is 3.47. The molecule has 0 saturated carbocycles. The molecule has 0 saturated heterocycles. The lowest BCUT2D eigenvalue weighted by Gasteiger charge is -2.10. The number of para-hydroxylation sites is 2. The summed E-state index contributed by atoms with van der Waals surface area (Å²) in [5.41, 5.74) is 1.44. The molecule has 0 fully saturated rings. The summed E-state index contributed by atoms with van der Waals surface area (Å²) in [5.74, 6) is 0.475. The number of amides is 1. The van der Waals surface area contributed by atoms with E-state index < -0.39 is 0 Å². The van der Waals surface area contributed by atoms with Crippen molar-refractivity contribution in [3.05, 3.63) is 58.1 Å². The number of methoxy groups -OCH3 is 1. The van der Waals surface area contributed by atoms with Crippen LogP contribution in [0.25, 0.3) is 0 Å². The highest BCUT2D eigenvalue weighted by atomic mass is 35.5. The maximum atomic E-state index is 12.0. The Labute approximate surface area is 127 Å². The second-order valence-corrected chi connectivity index (χ2v) is 4.99. The maximum absolute atomic E-state index is 12.0. The molecule has 104 valence electrons. The molecule has 20 heavy (non-hydrogen) atoms. The molecule has 0 aliphatic heterocycles. The first kappa shape index (κ1) is 14.7. The predicted molar refractivity (Wildman–Crippen MR) is 81.8 cm³/mol. The summed E-state index contributed by atoms with van der Waals surface area (Å²) in [5, 5.41) is 3.72. The van der Waals surface area contributed by atoms with E-state index >= 15 is 0 Å². The average molecular weight is 310 g/mol. The van der Waals surface area contributed by atoms with Crippen molar-refractivity contribution in [2.24, 2.45) is 0 Å². The summed E-state index contributed by atoms with van der Waals surface area (Å²) in [4.78, 5) is 12.0. The Kier molecular flexibility index (Phi) is 4.88. The second-order valence-electron chi connectivity index (χ2n) is 4.17. The number of ether oxygens (including phenoxy) is 1. The largest absolute Gasteiger partial charge is 0.495 e. The minimum absolute atomic E-state index is 0.145. The van der Waals surface area contributed by atoms with Crippen LogP contribution in [-0.2, 0) is 11.2 Å². The minimum Gasteiger partial charge on any atom is -0.495 e. The monoisotopic (exact) mass is 309 g/mol. The number of nitrogens with one attached hydrogen (secondary N) is 1. The van der Waals surface area contributed by atoms with E-state index in [9.17, 15) is 4.79 Å². The Bertz CT molecular complexity index is 629. The summed E-state index contributed by atoms with van der Waals surface area (Å²) in [7, 11) is 1.56. The number of carbonyl (C=O) groups is 1. The van der Waals surface area contributed by atoms with Gasteiger partial charge in [0.1, 0.15) is 5.75 Å². The van der Waals surface area contributed by atoms with Gasteiger partial charge in [-0.2, -0.15) is 0 Å². The first-order chi connectivity index (χ1) is 9.60. The van der Waals surface area contributed by atoms with Crippen molar-refractivity contribution >= 4 is 34.8 Å². The van der Waals surface area contributed by atoms with Crippen LogP contribution in [-0.4, -0.2) is 13.0 Å². The van der Waals surface area contributed by atoms with E-state index in [0.717, 1.165) is 5.56 Å². The number of benzene rings is 2. The van der Waals surface area contributed by atoms with Crippen LogP contribution in [0.2, 0.25) is 10.0 Å². The summed E-state index contributed by atoms with van der Waals surface area (Å²) in [6, 6.07) is 12.4. The van der Waals surface area contributed by atoms with Crippen LogP contribution in [0.1, 0.15) is 5.56 Å². The highest BCUT2D eigenvalue weighted by molar-refractivity contribution is 6.42. The van der Waals surface area contributed by atoms with Crippen molar-refractivity contribution in [1.82, 2.24) is 0 Å². The Morgan fingerprint density at radius 1 is 1.15 bits per heavy atom. The van der Waals surface area contributed by atoms with Gasteiger partial charge in [-0.3, -0.25) is 4.79 Å². The number of carbonyl (C=O) groups excluding carboxylic acids is 1. The first-order valence-electron chi connectivity index (χ1n) is 5.97. The predicted octanol–water partition coefficient (Wildman–Crippen LogP) is 4.18. The summed E-state index contributed by atoms with van der Waals surface area (Å²) in [6.07, 6.45) is 0.217. The zero-order valence-electron chi connectivity index (χ0n) is 10.8. The van der Waals surface area contributed by atoms with Crippen molar-refractivity contribution in [2.45, 2.75) is 6.42 Å². The van der Waals surface area contributed by atoms with Gasteiger partial charge < -0.3 is 10.1 Å². The van der Waals surface area contributed by atoms with E-state index in [0.29, 0.717) is 21.5 Å². The molecular weight excluding hydrogens is 297 g/mol. The number of halogens is 2. The van der Waals surface area contributed by atoms with Crippen LogP contribution < -0.4 is 10.1 Å². The number of rotatable bonds is 4. The van der Waals surface area contributed by atoms with Crippen LogP contribution in [0.3, 0.4) is 0 Å². The van der Waals surface area contributed by atoms with E-state index in [1.54, 1.807) is 37.4 Å².